The predicted octanol–water partition coefficient (Wildman–Crippen LogP) is 1.54. The molecule has 1 atom stereocenters. The second kappa shape index (κ2) is 4.69. The Hall–Kier alpha value is -1.65. The fourth-order valence-electron chi connectivity index (χ4n) is 2.33. The Morgan fingerprint density at radius 3 is 3.06 bits per heavy atom. The lowest BCUT2D eigenvalue weighted by atomic mass is 10.1. The summed E-state index contributed by atoms with van der Waals surface area (Å²) in [5.41, 5.74) is 1.74. The van der Waals surface area contributed by atoms with Gasteiger partial charge >= 0.3 is 5.97 Å². The van der Waals surface area contributed by atoms with Crippen molar-refractivity contribution in [2.75, 3.05) is 11.4 Å². The van der Waals surface area contributed by atoms with Crippen molar-refractivity contribution in [1.29, 1.82) is 0 Å². The van der Waals surface area contributed by atoms with E-state index in [2.05, 4.69) is 14.9 Å². The number of nitrogens with zero attached hydrogens (tertiary/aromatic N) is 3. The van der Waals surface area contributed by atoms with Crippen LogP contribution in [-0.2, 0) is 4.79 Å². The molecule has 1 aromatic heterocycles. The van der Waals surface area contributed by atoms with Gasteiger partial charge in [0.1, 0.15) is 0 Å². The maximum atomic E-state index is 10.8. The normalized spacial score (nSPS) is 19.6. The van der Waals surface area contributed by atoms with Crippen molar-refractivity contribution >= 4 is 11.8 Å². The molecular formula is C12H17N3O2. The van der Waals surface area contributed by atoms with Gasteiger partial charge in [-0.1, -0.05) is 0 Å². The first-order valence-electron chi connectivity index (χ1n) is 5.86. The minimum atomic E-state index is -0.750. The zero-order chi connectivity index (χ0) is 12.4. The smallest absolute Gasteiger partial charge is 0.305 e. The van der Waals surface area contributed by atoms with Gasteiger partial charge in [0.05, 0.1) is 17.8 Å². The molecule has 0 aliphatic carbocycles. The van der Waals surface area contributed by atoms with Crippen molar-refractivity contribution in [2.24, 2.45) is 0 Å². The Labute approximate surface area is 100 Å². The SMILES string of the molecule is Cc1cnc(C)c(N2CCCC2CC(=O)O)n1. The molecule has 5 heteroatoms. The van der Waals surface area contributed by atoms with Crippen LogP contribution in [0.3, 0.4) is 0 Å². The van der Waals surface area contributed by atoms with Crippen LogP contribution in [-0.4, -0.2) is 33.6 Å². The summed E-state index contributed by atoms with van der Waals surface area (Å²) < 4.78 is 0. The van der Waals surface area contributed by atoms with Crippen molar-refractivity contribution in [3.05, 3.63) is 17.6 Å². The standard InChI is InChI=1S/C12H17N3O2/c1-8-7-13-9(2)12(14-8)15-5-3-4-10(15)6-11(16)17/h7,10H,3-6H2,1-2H3,(H,16,17). The highest BCUT2D eigenvalue weighted by atomic mass is 16.4. The fourth-order valence-corrected chi connectivity index (χ4v) is 2.33. The fraction of sp³-hybridized carbons (Fsp3) is 0.583. The van der Waals surface area contributed by atoms with Gasteiger partial charge in [0, 0.05) is 18.8 Å². The van der Waals surface area contributed by atoms with Crippen LogP contribution >= 0.6 is 0 Å². The maximum Gasteiger partial charge on any atom is 0.305 e. The Kier molecular flexibility index (Phi) is 3.26. The topological polar surface area (TPSA) is 66.3 Å². The highest BCUT2D eigenvalue weighted by Gasteiger charge is 2.28. The molecule has 92 valence electrons. The molecule has 17 heavy (non-hydrogen) atoms. The average Bonchev–Trinajstić information content (AvgIpc) is 2.69. The summed E-state index contributed by atoms with van der Waals surface area (Å²) in [6.07, 6.45) is 3.85. The number of carbonyl (C=O) groups is 1. The van der Waals surface area contributed by atoms with Gasteiger partial charge in [-0.3, -0.25) is 9.78 Å². The van der Waals surface area contributed by atoms with Gasteiger partial charge < -0.3 is 10.0 Å². The van der Waals surface area contributed by atoms with E-state index in [-0.39, 0.29) is 12.5 Å². The summed E-state index contributed by atoms with van der Waals surface area (Å²) in [6, 6.07) is 0.0577. The van der Waals surface area contributed by atoms with Gasteiger partial charge in [-0.15, -0.1) is 0 Å². The van der Waals surface area contributed by atoms with E-state index < -0.39 is 5.97 Å². The van der Waals surface area contributed by atoms with Crippen LogP contribution in [0.2, 0.25) is 0 Å². The lowest BCUT2D eigenvalue weighted by Gasteiger charge is -2.25. The summed E-state index contributed by atoms with van der Waals surface area (Å²) in [7, 11) is 0. The highest BCUT2D eigenvalue weighted by molar-refractivity contribution is 5.68. The molecule has 1 fully saturated rings. The third-order valence-electron chi connectivity index (χ3n) is 3.11. The zero-order valence-electron chi connectivity index (χ0n) is 10.2. The minimum absolute atomic E-state index is 0.0577. The summed E-state index contributed by atoms with van der Waals surface area (Å²) in [5, 5.41) is 8.90. The van der Waals surface area contributed by atoms with Crippen molar-refractivity contribution < 1.29 is 9.90 Å². The minimum Gasteiger partial charge on any atom is -0.481 e. The zero-order valence-corrected chi connectivity index (χ0v) is 10.2. The third kappa shape index (κ3) is 2.54. The third-order valence-corrected chi connectivity index (χ3v) is 3.11. The van der Waals surface area contributed by atoms with Gasteiger partial charge in [0.15, 0.2) is 5.82 Å². The van der Waals surface area contributed by atoms with Crippen LogP contribution in [0, 0.1) is 13.8 Å². The predicted molar refractivity (Wildman–Crippen MR) is 64.1 cm³/mol. The molecule has 1 aromatic rings. The van der Waals surface area contributed by atoms with Crippen molar-refractivity contribution in [1.82, 2.24) is 9.97 Å². The Morgan fingerprint density at radius 1 is 1.59 bits per heavy atom. The molecule has 0 amide bonds. The number of carboxylic acid groups (broad SMARTS) is 1. The summed E-state index contributed by atoms with van der Waals surface area (Å²) in [6.45, 7) is 4.69. The first kappa shape index (κ1) is 11.8. The Bertz CT molecular complexity index is 434. The molecule has 1 aliphatic heterocycles. The van der Waals surface area contributed by atoms with E-state index in [1.807, 2.05) is 13.8 Å². The Morgan fingerprint density at radius 2 is 2.35 bits per heavy atom. The first-order chi connectivity index (χ1) is 8.08. The average molecular weight is 235 g/mol. The van der Waals surface area contributed by atoms with Gasteiger partial charge in [-0.05, 0) is 26.7 Å². The second-order valence-electron chi connectivity index (χ2n) is 4.51. The maximum absolute atomic E-state index is 10.8. The van der Waals surface area contributed by atoms with E-state index in [1.54, 1.807) is 6.20 Å². The summed E-state index contributed by atoms with van der Waals surface area (Å²) >= 11 is 0. The molecule has 1 unspecified atom stereocenters. The number of carboxylic acids is 1. The molecule has 2 rings (SSSR count). The molecule has 1 saturated heterocycles. The van der Waals surface area contributed by atoms with E-state index in [0.717, 1.165) is 36.6 Å². The van der Waals surface area contributed by atoms with Gasteiger partial charge in [0.25, 0.3) is 0 Å². The molecular weight excluding hydrogens is 218 g/mol. The molecule has 0 aromatic carbocycles. The number of hydrogen-bond acceptors (Lipinski definition) is 4. The number of aliphatic carboxylic acids is 1. The monoisotopic (exact) mass is 235 g/mol. The molecule has 0 bridgehead atoms. The Balaban J connectivity index is 2.25. The van der Waals surface area contributed by atoms with Crippen molar-refractivity contribution in [2.45, 2.75) is 39.2 Å². The van der Waals surface area contributed by atoms with Crippen LogP contribution in [0.5, 0.6) is 0 Å². The molecule has 1 aliphatic rings. The van der Waals surface area contributed by atoms with E-state index in [9.17, 15) is 4.79 Å². The van der Waals surface area contributed by atoms with Crippen molar-refractivity contribution in [3.63, 3.8) is 0 Å². The van der Waals surface area contributed by atoms with Crippen LogP contribution in [0.15, 0.2) is 6.20 Å². The van der Waals surface area contributed by atoms with E-state index in [4.69, 9.17) is 5.11 Å². The molecule has 0 saturated carbocycles. The van der Waals surface area contributed by atoms with Gasteiger partial charge in [-0.2, -0.15) is 0 Å². The molecule has 2 heterocycles. The van der Waals surface area contributed by atoms with E-state index in [1.165, 1.54) is 0 Å². The number of hydrogen-bond donors (Lipinski definition) is 1. The van der Waals surface area contributed by atoms with Crippen LogP contribution in [0.25, 0.3) is 0 Å². The van der Waals surface area contributed by atoms with Crippen LogP contribution < -0.4 is 4.90 Å². The number of rotatable bonds is 3. The molecule has 5 nitrogen and oxygen atoms in total. The van der Waals surface area contributed by atoms with Crippen LogP contribution in [0.4, 0.5) is 5.82 Å². The summed E-state index contributed by atoms with van der Waals surface area (Å²) in [5.74, 6) is 0.0916. The first-order valence-corrected chi connectivity index (χ1v) is 5.86. The number of aromatic nitrogens is 2. The second-order valence-corrected chi connectivity index (χ2v) is 4.51. The lowest BCUT2D eigenvalue weighted by molar-refractivity contribution is -0.137. The molecule has 1 N–H and O–H groups in total. The van der Waals surface area contributed by atoms with Crippen molar-refractivity contribution in [3.8, 4) is 0 Å². The van der Waals surface area contributed by atoms with Gasteiger partial charge in [-0.25, -0.2) is 4.98 Å². The molecule has 0 radical (unpaired) electrons. The largest absolute Gasteiger partial charge is 0.481 e. The van der Waals surface area contributed by atoms with E-state index in [0.29, 0.717) is 0 Å². The van der Waals surface area contributed by atoms with Gasteiger partial charge in [0.2, 0.25) is 0 Å². The quantitative estimate of drug-likeness (QED) is 0.860. The number of aryl methyl sites for hydroxylation is 2. The van der Waals surface area contributed by atoms with Crippen LogP contribution in [0.1, 0.15) is 30.7 Å². The highest BCUT2D eigenvalue weighted by Crippen LogP contribution is 2.27. The molecule has 0 spiro atoms. The van der Waals surface area contributed by atoms with E-state index >= 15 is 0 Å². The lowest BCUT2D eigenvalue weighted by Crippen LogP contribution is -2.32. The number of anilines is 1. The summed E-state index contributed by atoms with van der Waals surface area (Å²) in [4.78, 5) is 21.7.